The van der Waals surface area contributed by atoms with Crippen molar-refractivity contribution in [3.63, 3.8) is 0 Å². The fraction of sp³-hybridized carbons (Fsp3) is 0.192. The second-order valence-corrected chi connectivity index (χ2v) is 8.09. The predicted molar refractivity (Wildman–Crippen MR) is 124 cm³/mol. The van der Waals surface area contributed by atoms with Crippen LogP contribution in [0.3, 0.4) is 0 Å². The molecule has 1 saturated carbocycles. The first-order chi connectivity index (χ1) is 15.9. The maximum absolute atomic E-state index is 13.0. The number of carbonyl (C=O) groups is 3. The molecule has 168 valence electrons. The van der Waals surface area contributed by atoms with E-state index in [2.05, 4.69) is 10.6 Å². The van der Waals surface area contributed by atoms with E-state index >= 15 is 0 Å². The topological polar surface area (TPSA) is 95.5 Å². The number of aliphatic carboxylic acids is 1. The second-order valence-electron chi connectivity index (χ2n) is 8.09. The second kappa shape index (κ2) is 9.65. The van der Waals surface area contributed by atoms with E-state index < -0.39 is 23.8 Å². The van der Waals surface area contributed by atoms with E-state index in [-0.39, 0.29) is 11.6 Å². The van der Waals surface area contributed by atoms with E-state index in [1.807, 2.05) is 24.3 Å². The summed E-state index contributed by atoms with van der Waals surface area (Å²) in [5.41, 5.74) is 3.39. The molecule has 7 heteroatoms. The molecular weight excluding hydrogens is 423 g/mol. The molecule has 3 N–H and O–H groups in total. The summed E-state index contributed by atoms with van der Waals surface area (Å²) in [5, 5.41) is 14.7. The Morgan fingerprint density at radius 2 is 1.21 bits per heavy atom. The van der Waals surface area contributed by atoms with Gasteiger partial charge in [0.05, 0.1) is 5.92 Å². The van der Waals surface area contributed by atoms with Gasteiger partial charge in [-0.05, 0) is 60.4 Å². The van der Waals surface area contributed by atoms with Crippen molar-refractivity contribution in [2.45, 2.75) is 19.3 Å². The van der Waals surface area contributed by atoms with Crippen molar-refractivity contribution in [2.24, 2.45) is 11.8 Å². The van der Waals surface area contributed by atoms with Crippen molar-refractivity contribution in [3.05, 3.63) is 84.2 Å². The van der Waals surface area contributed by atoms with Crippen LogP contribution >= 0.6 is 0 Å². The van der Waals surface area contributed by atoms with Crippen LogP contribution in [-0.2, 0) is 4.79 Å². The number of Topliss-reactive ketones (excluding diaryl/α,β-unsaturated/α-hetero) is 1. The summed E-state index contributed by atoms with van der Waals surface area (Å²) in [5.74, 6) is -2.45. The Balaban J connectivity index is 1.38. The number of anilines is 2. The largest absolute Gasteiger partial charge is 0.481 e. The Kier molecular flexibility index (Phi) is 6.49. The summed E-state index contributed by atoms with van der Waals surface area (Å²) < 4.78 is 13.0. The third-order valence-electron chi connectivity index (χ3n) is 5.92. The highest BCUT2D eigenvalue weighted by molar-refractivity contribution is 6.01. The van der Waals surface area contributed by atoms with Gasteiger partial charge in [0.15, 0.2) is 5.78 Å². The number of amides is 2. The number of benzene rings is 3. The number of halogens is 1. The van der Waals surface area contributed by atoms with E-state index in [4.69, 9.17) is 0 Å². The minimum Gasteiger partial charge on any atom is -0.481 e. The Hall–Kier alpha value is -4.00. The highest BCUT2D eigenvalue weighted by Crippen LogP contribution is 2.34. The molecule has 0 heterocycles. The Morgan fingerprint density at radius 1 is 0.727 bits per heavy atom. The molecular formula is C26H23FN2O4. The maximum Gasteiger partial charge on any atom is 0.323 e. The van der Waals surface area contributed by atoms with Gasteiger partial charge < -0.3 is 15.7 Å². The van der Waals surface area contributed by atoms with Crippen LogP contribution in [0, 0.1) is 17.7 Å². The molecule has 2 amide bonds. The number of rotatable bonds is 6. The summed E-state index contributed by atoms with van der Waals surface area (Å²) in [4.78, 5) is 36.3. The van der Waals surface area contributed by atoms with E-state index in [0.717, 1.165) is 17.5 Å². The lowest BCUT2D eigenvalue weighted by atomic mass is 9.88. The Bertz CT molecular complexity index is 1160. The summed E-state index contributed by atoms with van der Waals surface area (Å²) in [6, 6.07) is 19.4. The van der Waals surface area contributed by atoms with E-state index in [1.165, 1.54) is 24.3 Å². The van der Waals surface area contributed by atoms with Crippen LogP contribution in [0.25, 0.3) is 11.1 Å². The standard InChI is InChI=1S/C26H23FN2O4/c27-19-10-14-21(15-11-19)29-26(33)28-20-12-8-17(9-13-20)16-4-6-18(7-5-16)24(30)22-2-1-3-23(22)25(31)32/h4-15,22-23H,1-3H2,(H,31,32)(H2,28,29,33)/t22-,23-/m1/s1. The van der Waals surface area contributed by atoms with Crippen molar-refractivity contribution in [3.8, 4) is 11.1 Å². The van der Waals surface area contributed by atoms with Gasteiger partial charge in [-0.25, -0.2) is 9.18 Å². The highest BCUT2D eigenvalue weighted by Gasteiger charge is 2.37. The van der Waals surface area contributed by atoms with Crippen LogP contribution in [0.15, 0.2) is 72.8 Å². The van der Waals surface area contributed by atoms with Crippen molar-refractivity contribution >= 4 is 29.2 Å². The SMILES string of the molecule is O=C(Nc1ccc(F)cc1)Nc1ccc(-c2ccc(C(=O)[C@@H]3CCC[C@H]3C(=O)O)cc2)cc1. The van der Waals surface area contributed by atoms with Gasteiger partial charge in [-0.3, -0.25) is 9.59 Å². The van der Waals surface area contributed by atoms with Gasteiger partial charge in [0.2, 0.25) is 0 Å². The summed E-state index contributed by atoms with van der Waals surface area (Å²) >= 11 is 0. The van der Waals surface area contributed by atoms with Crippen LogP contribution in [0.4, 0.5) is 20.6 Å². The zero-order valence-electron chi connectivity index (χ0n) is 17.8. The number of urea groups is 1. The minimum atomic E-state index is -0.900. The number of nitrogens with one attached hydrogen (secondary N) is 2. The van der Waals surface area contributed by atoms with Gasteiger partial charge >= 0.3 is 12.0 Å². The number of ketones is 1. The summed E-state index contributed by atoms with van der Waals surface area (Å²) in [6.45, 7) is 0. The highest BCUT2D eigenvalue weighted by atomic mass is 19.1. The molecule has 6 nitrogen and oxygen atoms in total. The monoisotopic (exact) mass is 446 g/mol. The van der Waals surface area contributed by atoms with Crippen LogP contribution in [0.5, 0.6) is 0 Å². The van der Waals surface area contributed by atoms with E-state index in [9.17, 15) is 23.9 Å². The predicted octanol–water partition coefficient (Wildman–Crippen LogP) is 5.82. The quantitative estimate of drug-likeness (QED) is 0.416. The zero-order valence-corrected chi connectivity index (χ0v) is 17.8. The van der Waals surface area contributed by atoms with Gasteiger partial charge in [-0.2, -0.15) is 0 Å². The molecule has 0 unspecified atom stereocenters. The van der Waals surface area contributed by atoms with E-state index in [1.54, 1.807) is 24.3 Å². The van der Waals surface area contributed by atoms with Crippen molar-refractivity contribution in [2.75, 3.05) is 10.6 Å². The lowest BCUT2D eigenvalue weighted by Gasteiger charge is -2.14. The third kappa shape index (κ3) is 5.26. The molecule has 3 aromatic carbocycles. The lowest BCUT2D eigenvalue weighted by Crippen LogP contribution is -2.25. The summed E-state index contributed by atoms with van der Waals surface area (Å²) in [7, 11) is 0. The zero-order chi connectivity index (χ0) is 23.4. The number of hydrogen-bond acceptors (Lipinski definition) is 3. The molecule has 0 spiro atoms. The first-order valence-corrected chi connectivity index (χ1v) is 10.7. The van der Waals surface area contributed by atoms with Gasteiger partial charge in [0.25, 0.3) is 0 Å². The average Bonchev–Trinajstić information content (AvgIpc) is 3.31. The first-order valence-electron chi connectivity index (χ1n) is 10.7. The molecule has 1 aliphatic carbocycles. The molecule has 33 heavy (non-hydrogen) atoms. The number of carbonyl (C=O) groups excluding carboxylic acids is 2. The summed E-state index contributed by atoms with van der Waals surface area (Å²) in [6.07, 6.45) is 1.92. The van der Waals surface area contributed by atoms with Crippen LogP contribution in [0.2, 0.25) is 0 Å². The van der Waals surface area contributed by atoms with E-state index in [0.29, 0.717) is 29.8 Å². The molecule has 1 aliphatic rings. The third-order valence-corrected chi connectivity index (χ3v) is 5.92. The van der Waals surface area contributed by atoms with Crippen molar-refractivity contribution in [1.29, 1.82) is 0 Å². The maximum atomic E-state index is 13.0. The molecule has 2 atom stereocenters. The van der Waals surface area contributed by atoms with Gasteiger partial charge in [-0.15, -0.1) is 0 Å². The first kappa shape index (κ1) is 22.2. The molecule has 0 saturated heterocycles. The van der Waals surface area contributed by atoms with Crippen LogP contribution in [-0.4, -0.2) is 22.9 Å². The molecule has 0 radical (unpaired) electrons. The Labute approximate surface area is 190 Å². The Morgan fingerprint density at radius 3 is 1.76 bits per heavy atom. The van der Waals surface area contributed by atoms with Crippen molar-refractivity contribution in [1.82, 2.24) is 0 Å². The number of hydrogen-bond donors (Lipinski definition) is 3. The molecule has 1 fully saturated rings. The van der Waals surface area contributed by atoms with Gasteiger partial charge in [0.1, 0.15) is 5.82 Å². The van der Waals surface area contributed by atoms with Gasteiger partial charge in [-0.1, -0.05) is 42.8 Å². The normalized spacial score (nSPS) is 17.4. The smallest absolute Gasteiger partial charge is 0.323 e. The van der Waals surface area contributed by atoms with Gasteiger partial charge in [0, 0.05) is 22.9 Å². The minimum absolute atomic E-state index is 0.113. The van der Waals surface area contributed by atoms with Crippen molar-refractivity contribution < 1.29 is 23.9 Å². The fourth-order valence-corrected chi connectivity index (χ4v) is 4.18. The molecule has 3 aromatic rings. The number of carboxylic acid groups (broad SMARTS) is 1. The number of carboxylic acids is 1. The molecule has 4 rings (SSSR count). The van der Waals surface area contributed by atoms with Crippen LogP contribution in [0.1, 0.15) is 29.6 Å². The lowest BCUT2D eigenvalue weighted by molar-refractivity contribution is -0.142. The average molecular weight is 446 g/mol. The van der Waals surface area contributed by atoms with Crippen LogP contribution < -0.4 is 10.6 Å². The fourth-order valence-electron chi connectivity index (χ4n) is 4.18. The molecule has 0 bridgehead atoms. The molecule has 0 aliphatic heterocycles. The molecule has 0 aromatic heterocycles.